The Labute approximate surface area is 133 Å². The quantitative estimate of drug-likeness (QED) is 0.461. The number of sulfonamides is 1. The molecule has 0 unspecified atom stereocenters. The van der Waals surface area contributed by atoms with Gasteiger partial charge < -0.3 is 5.73 Å². The molecular weight excluding hydrogens is 382 g/mol. The summed E-state index contributed by atoms with van der Waals surface area (Å²) in [5.41, 5.74) is 4.69. The number of rotatable bonds is 5. The van der Waals surface area contributed by atoms with E-state index in [9.17, 15) is 18.5 Å². The molecule has 0 atom stereocenters. The summed E-state index contributed by atoms with van der Waals surface area (Å²) < 4.78 is 27.6. The number of nitrogen functional groups attached to an aromatic ring is 1. The molecule has 0 radical (unpaired) electrons. The monoisotopic (exact) mass is 391 g/mol. The van der Waals surface area contributed by atoms with Gasteiger partial charge in [-0.1, -0.05) is 6.07 Å². The van der Waals surface area contributed by atoms with Crippen LogP contribution in [0.1, 0.15) is 4.88 Å². The predicted molar refractivity (Wildman–Crippen MR) is 83.6 cm³/mol. The number of nitrogens with two attached hydrogens (primary N) is 1. The molecule has 0 fully saturated rings. The molecule has 1 aromatic heterocycles. The molecule has 21 heavy (non-hydrogen) atoms. The molecule has 112 valence electrons. The third-order valence-corrected chi connectivity index (χ3v) is 5.69. The zero-order valence-corrected chi connectivity index (χ0v) is 13.7. The van der Waals surface area contributed by atoms with E-state index in [-0.39, 0.29) is 12.2 Å². The van der Waals surface area contributed by atoms with Gasteiger partial charge in [-0.3, -0.25) is 10.1 Å². The number of nitrogens with one attached hydrogen (secondary N) is 1. The van der Waals surface area contributed by atoms with Crippen LogP contribution in [0.3, 0.4) is 0 Å². The second kappa shape index (κ2) is 6.10. The van der Waals surface area contributed by atoms with Crippen molar-refractivity contribution in [2.45, 2.75) is 11.4 Å². The molecule has 1 aromatic carbocycles. The van der Waals surface area contributed by atoms with Crippen molar-refractivity contribution in [1.29, 1.82) is 0 Å². The Hall–Kier alpha value is -1.49. The summed E-state index contributed by atoms with van der Waals surface area (Å²) in [6.07, 6.45) is 0. The largest absolute Gasteiger partial charge is 0.393 e. The maximum Gasteiger partial charge on any atom is 0.312 e. The van der Waals surface area contributed by atoms with E-state index in [2.05, 4.69) is 20.7 Å². The van der Waals surface area contributed by atoms with Crippen molar-refractivity contribution in [3.05, 3.63) is 49.1 Å². The molecular formula is C11H10BrN3O4S2. The number of nitro benzene ring substituents is 1. The summed E-state index contributed by atoms with van der Waals surface area (Å²) in [5, 5.41) is 12.8. The van der Waals surface area contributed by atoms with Gasteiger partial charge in [-0.25, -0.2) is 13.1 Å². The van der Waals surface area contributed by atoms with Crippen molar-refractivity contribution >= 4 is 48.7 Å². The van der Waals surface area contributed by atoms with E-state index in [0.717, 1.165) is 15.4 Å². The first-order valence-corrected chi connectivity index (χ1v) is 8.72. The summed E-state index contributed by atoms with van der Waals surface area (Å²) in [7, 11) is -4.03. The van der Waals surface area contributed by atoms with Crippen LogP contribution in [0.4, 0.5) is 11.4 Å². The molecule has 0 bridgehead atoms. The molecule has 0 aliphatic heterocycles. The minimum absolute atomic E-state index is 0.0462. The number of halogens is 1. The maximum absolute atomic E-state index is 12.2. The number of benzene rings is 1. The van der Waals surface area contributed by atoms with Crippen molar-refractivity contribution in [2.75, 3.05) is 5.73 Å². The van der Waals surface area contributed by atoms with Gasteiger partial charge >= 0.3 is 5.69 Å². The standard InChI is InChI=1S/C11H10BrN3O4S2/c12-7-4-8(20-6-7)5-14-21(18,19)10-3-1-2-9(13)11(10)15(16)17/h1-4,6,14H,5,13H2. The van der Waals surface area contributed by atoms with Gasteiger partial charge in [0.2, 0.25) is 10.0 Å². The average Bonchev–Trinajstić information content (AvgIpc) is 2.82. The van der Waals surface area contributed by atoms with E-state index in [4.69, 9.17) is 5.73 Å². The van der Waals surface area contributed by atoms with E-state index >= 15 is 0 Å². The molecule has 1 heterocycles. The van der Waals surface area contributed by atoms with Crippen molar-refractivity contribution in [2.24, 2.45) is 0 Å². The number of para-hydroxylation sites is 1. The van der Waals surface area contributed by atoms with Gasteiger partial charge in [0.1, 0.15) is 5.69 Å². The van der Waals surface area contributed by atoms with Gasteiger partial charge in [-0.05, 0) is 34.1 Å². The number of nitro groups is 1. The number of hydrogen-bond donors (Lipinski definition) is 2. The molecule has 10 heteroatoms. The third-order valence-electron chi connectivity index (χ3n) is 2.56. The van der Waals surface area contributed by atoms with Crippen molar-refractivity contribution in [3.63, 3.8) is 0 Å². The van der Waals surface area contributed by atoms with Crippen LogP contribution in [0, 0.1) is 10.1 Å². The smallest absolute Gasteiger partial charge is 0.312 e. The topological polar surface area (TPSA) is 115 Å². The Balaban J connectivity index is 2.32. The molecule has 0 saturated carbocycles. The van der Waals surface area contributed by atoms with E-state index in [0.29, 0.717) is 0 Å². The second-order valence-electron chi connectivity index (χ2n) is 4.01. The van der Waals surface area contributed by atoms with Crippen LogP contribution in [0.15, 0.2) is 39.0 Å². The normalized spacial score (nSPS) is 11.5. The summed E-state index contributed by atoms with van der Waals surface area (Å²) in [5.74, 6) is 0. The van der Waals surface area contributed by atoms with Crippen LogP contribution in [0.5, 0.6) is 0 Å². The minimum atomic E-state index is -4.03. The number of nitrogens with zero attached hydrogens (tertiary/aromatic N) is 1. The number of hydrogen-bond acceptors (Lipinski definition) is 6. The fourth-order valence-electron chi connectivity index (χ4n) is 1.64. The highest BCUT2D eigenvalue weighted by atomic mass is 79.9. The second-order valence-corrected chi connectivity index (χ2v) is 7.65. The highest BCUT2D eigenvalue weighted by Gasteiger charge is 2.27. The fourth-order valence-corrected chi connectivity index (χ4v) is 4.33. The highest BCUT2D eigenvalue weighted by molar-refractivity contribution is 9.10. The Bertz CT molecular complexity index is 789. The van der Waals surface area contributed by atoms with E-state index in [1.807, 2.05) is 5.38 Å². The van der Waals surface area contributed by atoms with E-state index in [1.54, 1.807) is 6.07 Å². The predicted octanol–water partition coefficient (Wildman–Crippen LogP) is 2.48. The Morgan fingerprint density at radius 2 is 2.14 bits per heavy atom. The summed E-state index contributed by atoms with van der Waals surface area (Å²) in [6, 6.07) is 5.56. The lowest BCUT2D eigenvalue weighted by molar-refractivity contribution is -0.386. The van der Waals surface area contributed by atoms with Crippen LogP contribution in [0.25, 0.3) is 0 Å². The van der Waals surface area contributed by atoms with Gasteiger partial charge in [-0.2, -0.15) is 0 Å². The van der Waals surface area contributed by atoms with Gasteiger partial charge in [0.15, 0.2) is 4.90 Å². The lowest BCUT2D eigenvalue weighted by Gasteiger charge is -2.07. The molecule has 3 N–H and O–H groups in total. The Morgan fingerprint density at radius 3 is 2.71 bits per heavy atom. The molecule has 0 aliphatic carbocycles. The Kier molecular flexibility index (Phi) is 4.61. The van der Waals surface area contributed by atoms with Crippen LogP contribution < -0.4 is 10.5 Å². The molecule has 2 rings (SSSR count). The van der Waals surface area contributed by atoms with Crippen molar-refractivity contribution < 1.29 is 13.3 Å². The van der Waals surface area contributed by atoms with Gasteiger partial charge in [0.25, 0.3) is 0 Å². The molecule has 2 aromatic rings. The minimum Gasteiger partial charge on any atom is -0.393 e. The van der Waals surface area contributed by atoms with E-state index in [1.165, 1.54) is 23.5 Å². The molecule has 0 amide bonds. The summed E-state index contributed by atoms with van der Waals surface area (Å²) in [4.78, 5) is 10.5. The zero-order chi connectivity index (χ0) is 15.6. The first-order valence-electron chi connectivity index (χ1n) is 5.56. The summed E-state index contributed by atoms with van der Waals surface area (Å²) in [6.45, 7) is 0.0462. The fraction of sp³-hybridized carbons (Fsp3) is 0.0909. The van der Waals surface area contributed by atoms with Crippen molar-refractivity contribution in [1.82, 2.24) is 4.72 Å². The third kappa shape index (κ3) is 3.59. The number of thiophene rings is 1. The maximum atomic E-state index is 12.2. The van der Waals surface area contributed by atoms with Crippen LogP contribution in [-0.2, 0) is 16.6 Å². The molecule has 0 spiro atoms. The SMILES string of the molecule is Nc1cccc(S(=O)(=O)NCc2cc(Br)cs2)c1[N+](=O)[O-]. The zero-order valence-electron chi connectivity index (χ0n) is 10.4. The first-order chi connectivity index (χ1) is 9.81. The van der Waals surface area contributed by atoms with Crippen molar-refractivity contribution in [3.8, 4) is 0 Å². The molecule has 0 saturated heterocycles. The highest BCUT2D eigenvalue weighted by Crippen LogP contribution is 2.29. The van der Waals surface area contributed by atoms with Gasteiger partial charge in [0, 0.05) is 21.3 Å². The first kappa shape index (κ1) is 15.9. The van der Waals surface area contributed by atoms with Crippen LogP contribution in [-0.4, -0.2) is 13.3 Å². The van der Waals surface area contributed by atoms with Crippen LogP contribution in [0.2, 0.25) is 0 Å². The summed E-state index contributed by atoms with van der Waals surface area (Å²) >= 11 is 4.63. The molecule has 0 aliphatic rings. The van der Waals surface area contributed by atoms with E-state index < -0.39 is 25.5 Å². The van der Waals surface area contributed by atoms with Gasteiger partial charge in [0.05, 0.1) is 4.92 Å². The lowest BCUT2D eigenvalue weighted by Crippen LogP contribution is -2.24. The Morgan fingerprint density at radius 1 is 1.43 bits per heavy atom. The molecule has 7 nitrogen and oxygen atoms in total. The van der Waals surface area contributed by atoms with Gasteiger partial charge in [-0.15, -0.1) is 11.3 Å². The number of anilines is 1. The average molecular weight is 392 g/mol. The van der Waals surface area contributed by atoms with Crippen LogP contribution >= 0.6 is 27.3 Å². The lowest BCUT2D eigenvalue weighted by atomic mass is 10.3.